The normalized spacial score (nSPS) is 16.5. The van der Waals surface area contributed by atoms with Gasteiger partial charge in [0.25, 0.3) is 0 Å². The third-order valence-corrected chi connectivity index (χ3v) is 10.2. The molecule has 0 spiro atoms. The van der Waals surface area contributed by atoms with E-state index in [1.165, 1.54) is 13.0 Å². The van der Waals surface area contributed by atoms with Crippen LogP contribution in [0.5, 0.6) is 0 Å². The fraction of sp³-hybridized carbons (Fsp3) is 0.286. The number of carbonyl (C=O) groups is 3. The summed E-state index contributed by atoms with van der Waals surface area (Å²) >= 11 is 5.87. The molecule has 2 N–H and O–H groups in total. The van der Waals surface area contributed by atoms with Crippen molar-refractivity contribution < 1.29 is 18.8 Å². The number of nitrogens with zero attached hydrogens (tertiary/aromatic N) is 3. The fourth-order valence-corrected chi connectivity index (χ4v) is 8.38. The fourth-order valence-electron chi connectivity index (χ4n) is 5.28. The second kappa shape index (κ2) is 10.4. The molecule has 5 rings (SSSR count). The maximum atomic E-state index is 14.3. The Morgan fingerprint density at radius 3 is 2.72 bits per heavy atom. The largest absolute Gasteiger partial charge is 0.350 e. The van der Waals surface area contributed by atoms with E-state index in [2.05, 4.69) is 28.6 Å². The van der Waals surface area contributed by atoms with E-state index in [1.54, 1.807) is 40.2 Å². The van der Waals surface area contributed by atoms with Crippen molar-refractivity contribution in [1.29, 1.82) is 0 Å². The number of nitrogens with one attached hydrogen (secondary N) is 2. The van der Waals surface area contributed by atoms with Gasteiger partial charge >= 0.3 is 0 Å². The average molecular weight is 566 g/mol. The monoisotopic (exact) mass is 565 g/mol. The van der Waals surface area contributed by atoms with E-state index in [1.807, 2.05) is 18.2 Å². The summed E-state index contributed by atoms with van der Waals surface area (Å²) in [6.07, 6.45) is 5.73. The zero-order chi connectivity index (χ0) is 27.9. The molecule has 2 amide bonds. The highest BCUT2D eigenvalue weighted by atomic mass is 35.5. The summed E-state index contributed by atoms with van der Waals surface area (Å²) in [5, 5.41) is 10.3. The summed E-state index contributed by atoms with van der Waals surface area (Å²) in [6, 6.07) is 10.4. The molecule has 0 bridgehead atoms. The lowest BCUT2D eigenvalue weighted by atomic mass is 10.0. The smallest absolute Gasteiger partial charge is 0.242 e. The van der Waals surface area contributed by atoms with E-state index < -0.39 is 19.9 Å². The molecular formula is C28H29ClFN5O3Si. The van der Waals surface area contributed by atoms with E-state index in [0.717, 1.165) is 22.0 Å². The number of fused-ring (bicyclic) bond motifs is 1. The van der Waals surface area contributed by atoms with Gasteiger partial charge in [-0.25, -0.2) is 4.39 Å². The van der Waals surface area contributed by atoms with Crippen LogP contribution in [0.25, 0.3) is 22.0 Å². The first-order chi connectivity index (χ1) is 18.5. The minimum Gasteiger partial charge on any atom is -0.350 e. The van der Waals surface area contributed by atoms with Crippen molar-refractivity contribution in [3.05, 3.63) is 77.0 Å². The minimum atomic E-state index is -1.87. The maximum Gasteiger partial charge on any atom is 0.242 e. The van der Waals surface area contributed by atoms with Crippen molar-refractivity contribution >= 4 is 48.2 Å². The molecule has 1 atom stereocenters. The van der Waals surface area contributed by atoms with Gasteiger partial charge in [0.15, 0.2) is 5.78 Å². The number of carbonyl (C=O) groups excluding carboxylic acids is 3. The van der Waals surface area contributed by atoms with Gasteiger partial charge in [-0.05, 0) is 36.7 Å². The van der Waals surface area contributed by atoms with Gasteiger partial charge in [0.2, 0.25) is 11.8 Å². The van der Waals surface area contributed by atoms with Crippen LogP contribution in [0.1, 0.15) is 22.8 Å². The van der Waals surface area contributed by atoms with Crippen LogP contribution in [0.3, 0.4) is 0 Å². The molecule has 1 unspecified atom stereocenters. The van der Waals surface area contributed by atoms with Gasteiger partial charge < -0.3 is 14.8 Å². The molecule has 0 aliphatic carbocycles. The SMILES string of the molecule is CC(=O)c1cn(CC(=O)N2C[Si](C)(C)CC2C(=O)NCc2cccc(Cl)c2F)c2ccc(-c3cn[nH]c3)cc12. The summed E-state index contributed by atoms with van der Waals surface area (Å²) in [6.45, 7) is 5.77. The maximum absolute atomic E-state index is 14.3. The van der Waals surface area contributed by atoms with E-state index in [4.69, 9.17) is 11.6 Å². The standard InChI is InChI=1S/C28H29ClFN5O3Si/c1-17(36)22-13-34(24-8-7-18(9-21(22)24)20-11-32-33-12-20)14-26(37)35-16-39(2,3)15-25(35)28(38)31-10-19-5-4-6-23(29)27(19)30/h4-9,11-13,25H,10,14-16H2,1-3H3,(H,31,38)(H,32,33). The molecular weight excluding hydrogens is 537 g/mol. The topological polar surface area (TPSA) is 100 Å². The zero-order valence-corrected chi connectivity index (χ0v) is 23.7. The summed E-state index contributed by atoms with van der Waals surface area (Å²) in [7, 11) is -1.87. The molecule has 0 radical (unpaired) electrons. The molecule has 0 saturated carbocycles. The number of benzene rings is 2. The van der Waals surface area contributed by atoms with Crippen molar-refractivity contribution in [2.24, 2.45) is 0 Å². The van der Waals surface area contributed by atoms with Gasteiger partial charge in [-0.2, -0.15) is 5.10 Å². The Morgan fingerprint density at radius 1 is 1.21 bits per heavy atom. The molecule has 11 heteroatoms. The van der Waals surface area contributed by atoms with E-state index in [0.29, 0.717) is 17.8 Å². The molecule has 2 aromatic heterocycles. The van der Waals surface area contributed by atoms with Crippen LogP contribution in [0.15, 0.2) is 55.0 Å². The van der Waals surface area contributed by atoms with Crippen LogP contribution < -0.4 is 5.32 Å². The second-order valence-corrected chi connectivity index (χ2v) is 16.2. The van der Waals surface area contributed by atoms with Crippen LogP contribution in [-0.4, -0.2) is 57.5 Å². The third-order valence-electron chi connectivity index (χ3n) is 7.23. The van der Waals surface area contributed by atoms with E-state index in [-0.39, 0.29) is 41.3 Å². The highest BCUT2D eigenvalue weighted by molar-refractivity contribution is 6.79. The molecule has 4 aromatic rings. The zero-order valence-electron chi connectivity index (χ0n) is 21.9. The molecule has 1 fully saturated rings. The van der Waals surface area contributed by atoms with Crippen molar-refractivity contribution in [3.63, 3.8) is 0 Å². The van der Waals surface area contributed by atoms with Gasteiger partial charge in [0.05, 0.1) is 19.3 Å². The van der Waals surface area contributed by atoms with Gasteiger partial charge in [-0.1, -0.05) is 42.9 Å². The number of Topliss-reactive ketones (excluding diaryl/α,β-unsaturated/α-hetero) is 1. The quantitative estimate of drug-likeness (QED) is 0.248. The number of rotatable bonds is 7. The number of ketones is 1. The average Bonchev–Trinajstić information content (AvgIpc) is 3.62. The van der Waals surface area contributed by atoms with Gasteiger partial charge in [-0.3, -0.25) is 19.5 Å². The lowest BCUT2D eigenvalue weighted by Gasteiger charge is -2.25. The Morgan fingerprint density at radius 2 is 2.00 bits per heavy atom. The Labute approximate surface area is 231 Å². The Bertz CT molecular complexity index is 1580. The predicted octanol–water partition coefficient (Wildman–Crippen LogP) is 4.80. The molecule has 1 aliphatic heterocycles. The number of amides is 2. The highest BCUT2D eigenvalue weighted by Gasteiger charge is 2.44. The number of hydrogen-bond donors (Lipinski definition) is 2. The Balaban J connectivity index is 1.38. The minimum absolute atomic E-state index is 0.00581. The van der Waals surface area contributed by atoms with Crippen molar-refractivity contribution in [2.45, 2.75) is 45.2 Å². The van der Waals surface area contributed by atoms with Crippen LogP contribution in [0.4, 0.5) is 4.39 Å². The first kappa shape index (κ1) is 26.8. The lowest BCUT2D eigenvalue weighted by Crippen LogP contribution is -2.46. The number of H-pyrrole nitrogens is 1. The molecule has 202 valence electrons. The number of hydrogen-bond acceptors (Lipinski definition) is 4. The van der Waals surface area contributed by atoms with Crippen molar-refractivity contribution in [2.75, 3.05) is 6.17 Å². The van der Waals surface area contributed by atoms with Gasteiger partial charge in [0, 0.05) is 52.7 Å². The first-order valence-corrected chi connectivity index (χ1v) is 16.5. The molecule has 1 aliphatic rings. The number of halogens is 2. The van der Waals surface area contributed by atoms with Crippen LogP contribution in [0, 0.1) is 5.82 Å². The molecule has 3 heterocycles. The van der Waals surface area contributed by atoms with Crippen LogP contribution in [0.2, 0.25) is 24.2 Å². The first-order valence-electron chi connectivity index (χ1n) is 12.7. The van der Waals surface area contributed by atoms with E-state index in [9.17, 15) is 18.8 Å². The summed E-state index contributed by atoms with van der Waals surface area (Å²) in [5.74, 6) is -1.18. The van der Waals surface area contributed by atoms with Crippen molar-refractivity contribution in [1.82, 2.24) is 25.0 Å². The predicted molar refractivity (Wildman–Crippen MR) is 151 cm³/mol. The van der Waals surface area contributed by atoms with Crippen LogP contribution in [-0.2, 0) is 22.7 Å². The lowest BCUT2D eigenvalue weighted by molar-refractivity contribution is -0.138. The van der Waals surface area contributed by atoms with Crippen LogP contribution >= 0.6 is 11.6 Å². The Hall–Kier alpha value is -3.76. The summed E-state index contributed by atoms with van der Waals surface area (Å²) < 4.78 is 16.1. The molecule has 2 aromatic carbocycles. The number of aromatic amines is 1. The van der Waals surface area contributed by atoms with E-state index >= 15 is 0 Å². The Kier molecular flexibility index (Phi) is 7.17. The molecule has 8 nitrogen and oxygen atoms in total. The van der Waals surface area contributed by atoms with Gasteiger partial charge in [-0.15, -0.1) is 0 Å². The number of aromatic nitrogens is 3. The molecule has 39 heavy (non-hydrogen) atoms. The molecule has 1 saturated heterocycles. The third kappa shape index (κ3) is 5.39. The highest BCUT2D eigenvalue weighted by Crippen LogP contribution is 2.30. The second-order valence-electron chi connectivity index (χ2n) is 10.8. The summed E-state index contributed by atoms with van der Waals surface area (Å²) in [5.41, 5.74) is 3.37. The van der Waals surface area contributed by atoms with Crippen molar-refractivity contribution in [3.8, 4) is 11.1 Å². The van der Waals surface area contributed by atoms with Gasteiger partial charge in [0.1, 0.15) is 18.4 Å². The summed E-state index contributed by atoms with van der Waals surface area (Å²) in [4.78, 5) is 41.0.